The summed E-state index contributed by atoms with van der Waals surface area (Å²) in [5.41, 5.74) is 2.14. The number of carbonyl (C=O) groups excluding carboxylic acids is 1. The van der Waals surface area contributed by atoms with Gasteiger partial charge in [0.25, 0.3) is 5.91 Å². The van der Waals surface area contributed by atoms with Crippen molar-refractivity contribution in [2.75, 3.05) is 26.0 Å². The van der Waals surface area contributed by atoms with Gasteiger partial charge in [-0.1, -0.05) is 17.7 Å². The standard InChI is InChI=1S/C17H26N2O4S/c1-13-7-8-16(14(2)10-13)23-12-17(20)19-9-5-4-6-15(19)11-18-24(3,21)22/h7-8,10,15,18H,4-6,9,11-12H2,1-3H3/t15-/m0/s1. The van der Waals surface area contributed by atoms with Crippen molar-refractivity contribution in [3.8, 4) is 5.75 Å². The van der Waals surface area contributed by atoms with Crippen LogP contribution in [-0.2, 0) is 14.8 Å². The number of nitrogens with one attached hydrogen (secondary N) is 1. The van der Waals surface area contributed by atoms with Gasteiger partial charge >= 0.3 is 0 Å². The molecule has 7 heteroatoms. The third kappa shape index (κ3) is 5.49. The molecule has 1 amide bonds. The molecule has 1 atom stereocenters. The highest BCUT2D eigenvalue weighted by molar-refractivity contribution is 7.88. The highest BCUT2D eigenvalue weighted by Crippen LogP contribution is 2.20. The summed E-state index contributed by atoms with van der Waals surface area (Å²) in [7, 11) is -3.26. The molecule has 1 heterocycles. The van der Waals surface area contributed by atoms with Crippen molar-refractivity contribution < 1.29 is 17.9 Å². The average molecular weight is 354 g/mol. The van der Waals surface area contributed by atoms with E-state index in [4.69, 9.17) is 4.74 Å². The van der Waals surface area contributed by atoms with E-state index in [1.54, 1.807) is 4.90 Å². The number of ether oxygens (including phenoxy) is 1. The highest BCUT2D eigenvalue weighted by Gasteiger charge is 2.27. The molecule has 1 aromatic rings. The summed E-state index contributed by atoms with van der Waals surface area (Å²) in [5.74, 6) is 0.603. The molecule has 134 valence electrons. The fraction of sp³-hybridized carbons (Fsp3) is 0.588. The number of hydrogen-bond acceptors (Lipinski definition) is 4. The van der Waals surface area contributed by atoms with E-state index in [0.717, 1.165) is 36.6 Å². The first-order valence-corrected chi connectivity index (χ1v) is 10.1. The monoisotopic (exact) mass is 354 g/mol. The first-order chi connectivity index (χ1) is 11.3. The zero-order valence-corrected chi connectivity index (χ0v) is 15.4. The van der Waals surface area contributed by atoms with Gasteiger partial charge in [-0.15, -0.1) is 0 Å². The second-order valence-electron chi connectivity index (χ2n) is 6.41. The van der Waals surface area contributed by atoms with Crippen LogP contribution < -0.4 is 9.46 Å². The number of hydrogen-bond donors (Lipinski definition) is 1. The molecule has 1 saturated heterocycles. The third-order valence-electron chi connectivity index (χ3n) is 4.21. The molecular weight excluding hydrogens is 328 g/mol. The lowest BCUT2D eigenvalue weighted by molar-refractivity contribution is -0.136. The topological polar surface area (TPSA) is 75.7 Å². The Morgan fingerprint density at radius 3 is 2.75 bits per heavy atom. The van der Waals surface area contributed by atoms with Crippen LogP contribution in [0.1, 0.15) is 30.4 Å². The molecule has 0 aliphatic carbocycles. The van der Waals surface area contributed by atoms with Gasteiger partial charge in [0.05, 0.1) is 6.26 Å². The highest BCUT2D eigenvalue weighted by atomic mass is 32.2. The van der Waals surface area contributed by atoms with E-state index in [1.807, 2.05) is 32.0 Å². The SMILES string of the molecule is Cc1ccc(OCC(=O)N2CCCC[C@H]2CNS(C)(=O)=O)c(C)c1. The normalized spacial score (nSPS) is 18.5. The van der Waals surface area contributed by atoms with Crippen LogP contribution >= 0.6 is 0 Å². The van der Waals surface area contributed by atoms with Crippen molar-refractivity contribution in [3.63, 3.8) is 0 Å². The summed E-state index contributed by atoms with van der Waals surface area (Å²) in [6, 6.07) is 5.73. The van der Waals surface area contributed by atoms with Crippen LogP contribution in [-0.4, -0.2) is 51.2 Å². The number of piperidine rings is 1. The van der Waals surface area contributed by atoms with Crippen molar-refractivity contribution in [1.82, 2.24) is 9.62 Å². The first-order valence-electron chi connectivity index (χ1n) is 8.20. The summed E-state index contributed by atoms with van der Waals surface area (Å²) in [5, 5.41) is 0. The van der Waals surface area contributed by atoms with Crippen LogP contribution in [0.25, 0.3) is 0 Å². The number of nitrogens with zero attached hydrogens (tertiary/aromatic N) is 1. The minimum atomic E-state index is -3.26. The Morgan fingerprint density at radius 2 is 2.08 bits per heavy atom. The van der Waals surface area contributed by atoms with Gasteiger partial charge in [0, 0.05) is 19.1 Å². The van der Waals surface area contributed by atoms with Gasteiger partial charge in [0.15, 0.2) is 6.61 Å². The van der Waals surface area contributed by atoms with Gasteiger partial charge in [-0.25, -0.2) is 13.1 Å². The number of benzene rings is 1. The molecular formula is C17H26N2O4S. The van der Waals surface area contributed by atoms with Crippen molar-refractivity contribution in [2.24, 2.45) is 0 Å². The molecule has 0 unspecified atom stereocenters. The second-order valence-corrected chi connectivity index (χ2v) is 8.25. The smallest absolute Gasteiger partial charge is 0.260 e. The Labute approximate surface area is 144 Å². The number of sulfonamides is 1. The number of aryl methyl sites for hydroxylation is 2. The molecule has 1 N–H and O–H groups in total. The second kappa shape index (κ2) is 7.98. The maximum atomic E-state index is 12.5. The Bertz CT molecular complexity index is 688. The minimum Gasteiger partial charge on any atom is -0.484 e. The number of carbonyl (C=O) groups is 1. The molecule has 0 aromatic heterocycles. The minimum absolute atomic E-state index is 0.0285. The lowest BCUT2D eigenvalue weighted by atomic mass is 10.0. The Morgan fingerprint density at radius 1 is 1.33 bits per heavy atom. The molecule has 0 spiro atoms. The van der Waals surface area contributed by atoms with Gasteiger partial charge in [-0.2, -0.15) is 0 Å². The van der Waals surface area contributed by atoms with Crippen LogP contribution in [0.15, 0.2) is 18.2 Å². The Hall–Kier alpha value is -1.60. The largest absolute Gasteiger partial charge is 0.484 e. The molecule has 24 heavy (non-hydrogen) atoms. The van der Waals surface area contributed by atoms with Gasteiger partial charge in [-0.3, -0.25) is 4.79 Å². The Balaban J connectivity index is 1.95. The van der Waals surface area contributed by atoms with Crippen LogP contribution in [0.2, 0.25) is 0 Å². The number of amides is 1. The van der Waals surface area contributed by atoms with E-state index in [0.29, 0.717) is 12.3 Å². The van der Waals surface area contributed by atoms with Crippen LogP contribution in [0.3, 0.4) is 0 Å². The number of likely N-dealkylation sites (tertiary alicyclic amines) is 1. The summed E-state index contributed by atoms with van der Waals surface area (Å²) in [6.45, 7) is 4.83. The van der Waals surface area contributed by atoms with Crippen molar-refractivity contribution in [3.05, 3.63) is 29.3 Å². The molecule has 0 saturated carbocycles. The van der Waals surface area contributed by atoms with E-state index in [-0.39, 0.29) is 25.1 Å². The molecule has 1 fully saturated rings. The molecule has 6 nitrogen and oxygen atoms in total. The van der Waals surface area contributed by atoms with Gasteiger partial charge < -0.3 is 9.64 Å². The fourth-order valence-corrected chi connectivity index (χ4v) is 3.47. The van der Waals surface area contributed by atoms with Crippen molar-refractivity contribution in [1.29, 1.82) is 0 Å². The number of rotatable bonds is 6. The lowest BCUT2D eigenvalue weighted by Crippen LogP contribution is -2.50. The maximum absolute atomic E-state index is 12.5. The Kier molecular flexibility index (Phi) is 6.23. The zero-order chi connectivity index (χ0) is 17.7. The first kappa shape index (κ1) is 18.7. The van der Waals surface area contributed by atoms with E-state index in [2.05, 4.69) is 4.72 Å². The lowest BCUT2D eigenvalue weighted by Gasteiger charge is -2.35. The van der Waals surface area contributed by atoms with Gasteiger partial charge in [-0.05, 0) is 44.7 Å². The van der Waals surface area contributed by atoms with Gasteiger partial charge in [0.2, 0.25) is 10.0 Å². The molecule has 1 aliphatic rings. The summed E-state index contributed by atoms with van der Waals surface area (Å²) in [4.78, 5) is 14.2. The predicted molar refractivity (Wildman–Crippen MR) is 93.6 cm³/mol. The molecule has 1 aliphatic heterocycles. The van der Waals surface area contributed by atoms with Crippen LogP contribution in [0.5, 0.6) is 5.75 Å². The van der Waals surface area contributed by atoms with Crippen LogP contribution in [0.4, 0.5) is 0 Å². The van der Waals surface area contributed by atoms with E-state index in [9.17, 15) is 13.2 Å². The quantitative estimate of drug-likeness (QED) is 0.842. The molecule has 0 bridgehead atoms. The maximum Gasteiger partial charge on any atom is 0.260 e. The van der Waals surface area contributed by atoms with Crippen molar-refractivity contribution in [2.45, 2.75) is 39.2 Å². The molecule has 1 aromatic carbocycles. The summed E-state index contributed by atoms with van der Waals surface area (Å²) in [6.07, 6.45) is 3.87. The van der Waals surface area contributed by atoms with E-state index < -0.39 is 10.0 Å². The molecule has 0 radical (unpaired) electrons. The summed E-state index contributed by atoms with van der Waals surface area (Å²) < 4.78 is 30.7. The predicted octanol–water partition coefficient (Wildman–Crippen LogP) is 1.61. The summed E-state index contributed by atoms with van der Waals surface area (Å²) >= 11 is 0. The van der Waals surface area contributed by atoms with Gasteiger partial charge in [0.1, 0.15) is 5.75 Å². The zero-order valence-electron chi connectivity index (χ0n) is 14.5. The molecule has 2 rings (SSSR count). The third-order valence-corrected chi connectivity index (χ3v) is 4.90. The fourth-order valence-electron chi connectivity index (χ4n) is 2.97. The van der Waals surface area contributed by atoms with E-state index in [1.165, 1.54) is 0 Å². The van der Waals surface area contributed by atoms with Crippen LogP contribution in [0, 0.1) is 13.8 Å². The van der Waals surface area contributed by atoms with Crippen molar-refractivity contribution >= 4 is 15.9 Å². The van der Waals surface area contributed by atoms with E-state index >= 15 is 0 Å². The average Bonchev–Trinajstić information content (AvgIpc) is 2.51.